The Bertz CT molecular complexity index is 534. The number of hydrogen-bond acceptors (Lipinski definition) is 3. The van der Waals surface area contributed by atoms with Gasteiger partial charge in [0.25, 0.3) is 0 Å². The lowest BCUT2D eigenvalue weighted by molar-refractivity contribution is 0.150. The Morgan fingerprint density at radius 3 is 2.40 bits per heavy atom. The van der Waals surface area contributed by atoms with Gasteiger partial charge in [-0.25, -0.2) is 4.79 Å². The number of nitrogens with two attached hydrogens (primary N) is 1. The van der Waals surface area contributed by atoms with Crippen molar-refractivity contribution < 1.29 is 4.79 Å². The van der Waals surface area contributed by atoms with Crippen LogP contribution in [0.15, 0.2) is 24.3 Å². The molecule has 1 aromatic carbocycles. The van der Waals surface area contributed by atoms with Crippen LogP contribution >= 0.6 is 0 Å². The highest BCUT2D eigenvalue weighted by Gasteiger charge is 2.42. The topological polar surface area (TPSA) is 82.2 Å². The zero-order chi connectivity index (χ0) is 14.1. The highest BCUT2D eigenvalue weighted by molar-refractivity contribution is 5.90. The number of fused-ring (bicyclic) bond motifs is 2. The van der Waals surface area contributed by atoms with Gasteiger partial charge < -0.3 is 16.0 Å². The molecular weight excluding hydrogens is 252 g/mol. The molecule has 0 saturated carbocycles. The van der Waals surface area contributed by atoms with Gasteiger partial charge in [-0.3, -0.25) is 0 Å². The van der Waals surface area contributed by atoms with E-state index in [-0.39, 0.29) is 24.2 Å². The zero-order valence-electron chi connectivity index (χ0n) is 11.2. The Morgan fingerprint density at radius 1 is 1.25 bits per heavy atom. The minimum absolute atomic E-state index is 0.0471. The Hall–Kier alpha value is -2.06. The van der Waals surface area contributed by atoms with Crippen molar-refractivity contribution in [2.75, 3.05) is 5.32 Å². The number of anilines is 1. The first-order valence-electron chi connectivity index (χ1n) is 7.02. The zero-order valence-corrected chi connectivity index (χ0v) is 11.2. The smallest absolute Gasteiger partial charge is 0.322 e. The lowest BCUT2D eigenvalue weighted by atomic mass is 9.99. The number of amides is 2. The third-order valence-corrected chi connectivity index (χ3v) is 4.27. The first-order chi connectivity index (χ1) is 9.67. The maximum Gasteiger partial charge on any atom is 0.322 e. The van der Waals surface area contributed by atoms with Gasteiger partial charge in [-0.05, 0) is 49.9 Å². The van der Waals surface area contributed by atoms with Crippen molar-refractivity contribution in [3.05, 3.63) is 29.8 Å². The molecule has 0 aliphatic carbocycles. The molecule has 2 aliphatic rings. The van der Waals surface area contributed by atoms with Gasteiger partial charge in [-0.15, -0.1) is 0 Å². The van der Waals surface area contributed by atoms with Crippen LogP contribution in [0.1, 0.15) is 31.2 Å². The van der Waals surface area contributed by atoms with Crippen LogP contribution in [0.5, 0.6) is 0 Å². The molecule has 2 atom stereocenters. The summed E-state index contributed by atoms with van der Waals surface area (Å²) in [6.45, 7) is 0. The molecule has 1 aromatic rings. The van der Waals surface area contributed by atoms with Crippen molar-refractivity contribution in [3.63, 3.8) is 0 Å². The van der Waals surface area contributed by atoms with E-state index in [1.54, 1.807) is 24.3 Å². The van der Waals surface area contributed by atoms with E-state index >= 15 is 0 Å². The number of hydrogen-bond donors (Lipinski definition) is 2. The summed E-state index contributed by atoms with van der Waals surface area (Å²) in [5.41, 5.74) is 7.33. The Morgan fingerprint density at radius 2 is 1.85 bits per heavy atom. The summed E-state index contributed by atoms with van der Waals surface area (Å²) in [4.78, 5) is 14.4. The van der Waals surface area contributed by atoms with Gasteiger partial charge in [0.15, 0.2) is 0 Å². The summed E-state index contributed by atoms with van der Waals surface area (Å²) in [6.07, 6.45) is 3.91. The number of benzene rings is 1. The fourth-order valence-electron chi connectivity index (χ4n) is 3.37. The van der Waals surface area contributed by atoms with E-state index in [0.29, 0.717) is 5.56 Å². The molecule has 20 heavy (non-hydrogen) atoms. The monoisotopic (exact) mass is 270 g/mol. The van der Waals surface area contributed by atoms with E-state index in [1.165, 1.54) is 0 Å². The summed E-state index contributed by atoms with van der Waals surface area (Å²) in [7, 11) is 0. The van der Waals surface area contributed by atoms with Crippen molar-refractivity contribution in [3.8, 4) is 6.07 Å². The molecule has 3 rings (SSSR count). The minimum atomic E-state index is -0.0471. The molecule has 104 valence electrons. The molecule has 2 fully saturated rings. The number of carbonyl (C=O) groups is 1. The van der Waals surface area contributed by atoms with Crippen LogP contribution in [0.2, 0.25) is 0 Å². The van der Waals surface area contributed by atoms with Crippen LogP contribution in [0.4, 0.5) is 10.5 Å². The maximum atomic E-state index is 12.4. The molecule has 5 nitrogen and oxygen atoms in total. The lowest BCUT2D eigenvalue weighted by Crippen LogP contribution is -2.51. The minimum Gasteiger partial charge on any atom is -0.328 e. The Labute approximate surface area is 118 Å². The second-order valence-electron chi connectivity index (χ2n) is 5.64. The number of carbonyl (C=O) groups excluding carboxylic acids is 1. The molecule has 0 radical (unpaired) electrons. The molecule has 2 aliphatic heterocycles. The lowest BCUT2D eigenvalue weighted by Gasteiger charge is -2.37. The van der Waals surface area contributed by atoms with E-state index < -0.39 is 0 Å². The average Bonchev–Trinajstić information content (AvgIpc) is 2.72. The molecule has 2 unspecified atom stereocenters. The average molecular weight is 270 g/mol. The van der Waals surface area contributed by atoms with Crippen LogP contribution < -0.4 is 11.1 Å². The Balaban J connectivity index is 1.69. The highest BCUT2D eigenvalue weighted by atomic mass is 16.2. The quantitative estimate of drug-likeness (QED) is 0.819. The predicted octanol–water partition coefficient (Wildman–Crippen LogP) is 2.04. The van der Waals surface area contributed by atoms with Crippen LogP contribution in [0.3, 0.4) is 0 Å². The van der Waals surface area contributed by atoms with Crippen molar-refractivity contribution in [1.29, 1.82) is 5.26 Å². The molecule has 0 spiro atoms. The first kappa shape index (κ1) is 12.9. The molecule has 5 heteroatoms. The normalized spacial score (nSPS) is 28.0. The maximum absolute atomic E-state index is 12.4. The number of rotatable bonds is 1. The van der Waals surface area contributed by atoms with Crippen molar-refractivity contribution in [1.82, 2.24) is 4.90 Å². The molecule has 2 bridgehead atoms. The van der Waals surface area contributed by atoms with Gasteiger partial charge in [-0.1, -0.05) is 0 Å². The fourth-order valence-corrected chi connectivity index (χ4v) is 3.37. The van der Waals surface area contributed by atoms with E-state index in [9.17, 15) is 4.79 Å². The number of urea groups is 1. The van der Waals surface area contributed by atoms with E-state index in [2.05, 4.69) is 11.4 Å². The third-order valence-electron chi connectivity index (χ3n) is 4.27. The van der Waals surface area contributed by atoms with Crippen molar-refractivity contribution in [2.45, 2.75) is 43.8 Å². The summed E-state index contributed by atoms with van der Waals surface area (Å²) >= 11 is 0. The summed E-state index contributed by atoms with van der Waals surface area (Å²) in [5, 5.41) is 11.7. The third kappa shape index (κ3) is 2.35. The van der Waals surface area contributed by atoms with Crippen LogP contribution in [0.25, 0.3) is 0 Å². The molecule has 2 amide bonds. The summed E-state index contributed by atoms with van der Waals surface area (Å²) < 4.78 is 0. The first-order valence-corrected chi connectivity index (χ1v) is 7.02. The SMILES string of the molecule is N#Cc1ccc(NC(=O)N2C3CCC2CC(N)C3)cc1. The van der Waals surface area contributed by atoms with Gasteiger partial charge in [0.2, 0.25) is 0 Å². The largest absolute Gasteiger partial charge is 0.328 e. The predicted molar refractivity (Wildman–Crippen MR) is 76.0 cm³/mol. The van der Waals surface area contributed by atoms with Crippen LogP contribution in [-0.2, 0) is 0 Å². The standard InChI is InChI=1S/C15H18N4O/c16-9-10-1-3-12(4-2-10)18-15(20)19-13-5-6-14(19)8-11(17)7-13/h1-4,11,13-14H,5-8,17H2,(H,18,20). The summed E-state index contributed by atoms with van der Waals surface area (Å²) in [6, 6.07) is 9.73. The number of nitrogens with zero attached hydrogens (tertiary/aromatic N) is 2. The number of piperidine rings is 1. The van der Waals surface area contributed by atoms with Gasteiger partial charge in [0, 0.05) is 23.8 Å². The van der Waals surface area contributed by atoms with Gasteiger partial charge in [-0.2, -0.15) is 5.26 Å². The van der Waals surface area contributed by atoms with E-state index in [0.717, 1.165) is 31.4 Å². The number of nitriles is 1. The van der Waals surface area contributed by atoms with Gasteiger partial charge in [0.05, 0.1) is 11.6 Å². The summed E-state index contributed by atoms with van der Waals surface area (Å²) in [5.74, 6) is 0. The fraction of sp³-hybridized carbons (Fsp3) is 0.467. The van der Waals surface area contributed by atoms with E-state index in [1.807, 2.05) is 4.90 Å². The van der Waals surface area contributed by atoms with Crippen molar-refractivity contribution in [2.24, 2.45) is 5.73 Å². The molecule has 2 heterocycles. The number of nitrogens with one attached hydrogen (secondary N) is 1. The molecule has 2 saturated heterocycles. The molecule has 3 N–H and O–H groups in total. The van der Waals surface area contributed by atoms with Gasteiger partial charge >= 0.3 is 6.03 Å². The second-order valence-corrected chi connectivity index (χ2v) is 5.64. The van der Waals surface area contributed by atoms with E-state index in [4.69, 9.17) is 11.0 Å². The highest BCUT2D eigenvalue weighted by Crippen LogP contribution is 2.35. The second kappa shape index (κ2) is 5.14. The van der Waals surface area contributed by atoms with Crippen molar-refractivity contribution >= 4 is 11.7 Å². The molecule has 0 aromatic heterocycles. The van der Waals surface area contributed by atoms with Crippen LogP contribution in [-0.4, -0.2) is 29.1 Å². The Kier molecular flexibility index (Phi) is 3.33. The van der Waals surface area contributed by atoms with Crippen LogP contribution in [0, 0.1) is 11.3 Å². The van der Waals surface area contributed by atoms with Gasteiger partial charge in [0.1, 0.15) is 0 Å². The molecular formula is C15H18N4O.